The Hall–Kier alpha value is -3.00. The lowest BCUT2D eigenvalue weighted by Gasteiger charge is -2.42. The summed E-state index contributed by atoms with van der Waals surface area (Å²) in [5.74, 6) is 0.718. The number of primary amides is 1. The van der Waals surface area contributed by atoms with E-state index in [-0.39, 0.29) is 17.5 Å². The summed E-state index contributed by atoms with van der Waals surface area (Å²) in [6.07, 6.45) is 7.29. The molecule has 8 heteroatoms. The van der Waals surface area contributed by atoms with Crippen molar-refractivity contribution in [3.63, 3.8) is 0 Å². The van der Waals surface area contributed by atoms with Crippen LogP contribution in [0.25, 0.3) is 0 Å². The molecule has 34 heavy (non-hydrogen) atoms. The maximum atomic E-state index is 13.2. The van der Waals surface area contributed by atoms with Crippen LogP contribution in [-0.2, 0) is 6.42 Å². The molecular weight excluding hydrogens is 435 g/mol. The molecule has 2 aromatic rings. The van der Waals surface area contributed by atoms with Gasteiger partial charge in [-0.15, -0.1) is 0 Å². The van der Waals surface area contributed by atoms with Crippen LogP contribution in [0.3, 0.4) is 0 Å². The summed E-state index contributed by atoms with van der Waals surface area (Å²) in [4.78, 5) is 27.2. The Morgan fingerprint density at radius 2 is 1.68 bits per heavy atom. The Morgan fingerprint density at radius 3 is 2.29 bits per heavy atom. The number of halogens is 1. The second kappa shape index (κ2) is 11.0. The third-order valence-electron chi connectivity index (χ3n) is 7.41. The Morgan fingerprint density at radius 1 is 1.03 bits per heavy atom. The van der Waals surface area contributed by atoms with E-state index in [4.69, 9.17) is 5.73 Å². The lowest BCUT2D eigenvalue weighted by Crippen LogP contribution is -2.52. The number of nitrogens with two attached hydrogens (primary N) is 1. The first-order valence-corrected chi connectivity index (χ1v) is 12.2. The summed E-state index contributed by atoms with van der Waals surface area (Å²) in [6.45, 7) is 2.96. The summed E-state index contributed by atoms with van der Waals surface area (Å²) < 4.78 is 13.2. The normalized spacial score (nSPS) is 21.8. The number of urea groups is 1. The molecule has 1 saturated carbocycles. The molecule has 0 radical (unpaired) electrons. The van der Waals surface area contributed by atoms with Crippen LogP contribution in [-0.4, -0.2) is 41.5 Å². The number of nitro benzene ring substituents is 1. The predicted octanol–water partition coefficient (Wildman–Crippen LogP) is 5.13. The van der Waals surface area contributed by atoms with Crippen molar-refractivity contribution >= 4 is 17.4 Å². The molecule has 182 valence electrons. The Balaban J connectivity index is 1.38. The van der Waals surface area contributed by atoms with Gasteiger partial charge < -0.3 is 10.6 Å². The number of rotatable bonds is 7. The number of non-ortho nitro benzene ring substituents is 1. The summed E-state index contributed by atoms with van der Waals surface area (Å²) in [6, 6.07) is 12.4. The van der Waals surface area contributed by atoms with Crippen molar-refractivity contribution in [3.05, 3.63) is 70.0 Å². The molecule has 1 aliphatic heterocycles. The standard InChI is InChI=1S/C26H33FN4O3/c27-22-7-5-19(6-8-22)17-20-13-15-29(16-14-20)18-21-3-1-2-4-25(21)30(26(28)32)23-9-11-24(12-10-23)31(33)34/h5-12,20-21,25H,1-4,13-18H2,(H2,28,32). The lowest BCUT2D eigenvalue weighted by molar-refractivity contribution is -0.384. The van der Waals surface area contributed by atoms with Crippen LogP contribution in [0, 0.1) is 27.8 Å². The predicted molar refractivity (Wildman–Crippen MR) is 130 cm³/mol. The second-order valence-corrected chi connectivity index (χ2v) is 9.67. The molecule has 2 atom stereocenters. The van der Waals surface area contributed by atoms with E-state index in [0.717, 1.165) is 64.6 Å². The molecule has 2 aromatic carbocycles. The highest BCUT2D eigenvalue weighted by molar-refractivity contribution is 5.91. The highest BCUT2D eigenvalue weighted by atomic mass is 19.1. The van der Waals surface area contributed by atoms with Crippen LogP contribution in [0.5, 0.6) is 0 Å². The highest BCUT2D eigenvalue weighted by Gasteiger charge is 2.35. The molecule has 1 heterocycles. The summed E-state index contributed by atoms with van der Waals surface area (Å²) >= 11 is 0. The molecule has 1 aliphatic carbocycles. The van der Waals surface area contributed by atoms with E-state index < -0.39 is 11.0 Å². The van der Waals surface area contributed by atoms with Crippen LogP contribution in [0.1, 0.15) is 44.1 Å². The average molecular weight is 469 g/mol. The molecule has 0 spiro atoms. The maximum Gasteiger partial charge on any atom is 0.319 e. The van der Waals surface area contributed by atoms with Crippen molar-refractivity contribution in [2.75, 3.05) is 24.5 Å². The van der Waals surface area contributed by atoms with Gasteiger partial charge in [-0.3, -0.25) is 15.0 Å². The second-order valence-electron chi connectivity index (χ2n) is 9.67. The molecular formula is C26H33FN4O3. The highest BCUT2D eigenvalue weighted by Crippen LogP contribution is 2.34. The number of piperidine rings is 1. The molecule has 1 saturated heterocycles. The zero-order valence-corrected chi connectivity index (χ0v) is 19.4. The van der Waals surface area contributed by atoms with Crippen molar-refractivity contribution in [1.29, 1.82) is 0 Å². The number of hydrogen-bond acceptors (Lipinski definition) is 4. The summed E-state index contributed by atoms with van der Waals surface area (Å²) in [7, 11) is 0. The zero-order chi connectivity index (χ0) is 24.1. The number of anilines is 1. The van der Waals surface area contributed by atoms with E-state index in [9.17, 15) is 19.3 Å². The number of benzene rings is 2. The molecule has 2 unspecified atom stereocenters. The minimum absolute atomic E-state index is 0.00290. The van der Waals surface area contributed by atoms with Crippen molar-refractivity contribution in [2.24, 2.45) is 17.6 Å². The quantitative estimate of drug-likeness (QED) is 0.450. The average Bonchev–Trinajstić information content (AvgIpc) is 2.83. The maximum absolute atomic E-state index is 13.2. The first-order chi connectivity index (χ1) is 16.4. The van der Waals surface area contributed by atoms with Crippen LogP contribution in [0.15, 0.2) is 48.5 Å². The van der Waals surface area contributed by atoms with Gasteiger partial charge in [-0.1, -0.05) is 25.0 Å². The Kier molecular flexibility index (Phi) is 7.77. The van der Waals surface area contributed by atoms with Crippen LogP contribution in [0.2, 0.25) is 0 Å². The molecule has 2 aliphatic rings. The fraction of sp³-hybridized carbons (Fsp3) is 0.500. The molecule has 4 rings (SSSR count). The Bertz CT molecular complexity index is 975. The van der Waals surface area contributed by atoms with Gasteiger partial charge in [-0.2, -0.15) is 0 Å². The molecule has 0 bridgehead atoms. The topological polar surface area (TPSA) is 92.7 Å². The van der Waals surface area contributed by atoms with Gasteiger partial charge >= 0.3 is 6.03 Å². The fourth-order valence-corrected chi connectivity index (χ4v) is 5.62. The largest absolute Gasteiger partial charge is 0.351 e. The van der Waals surface area contributed by atoms with Gasteiger partial charge in [0.05, 0.1) is 4.92 Å². The minimum atomic E-state index is -0.510. The Labute approximate surface area is 199 Å². The van der Waals surface area contributed by atoms with Gasteiger partial charge in [0.25, 0.3) is 5.69 Å². The van der Waals surface area contributed by atoms with E-state index >= 15 is 0 Å². The molecule has 0 aromatic heterocycles. The third kappa shape index (κ3) is 5.91. The van der Waals surface area contributed by atoms with E-state index in [1.807, 2.05) is 12.1 Å². The number of carbonyl (C=O) groups is 1. The van der Waals surface area contributed by atoms with Crippen molar-refractivity contribution in [3.8, 4) is 0 Å². The van der Waals surface area contributed by atoms with E-state index in [2.05, 4.69) is 4.90 Å². The van der Waals surface area contributed by atoms with Gasteiger partial charge in [0.2, 0.25) is 0 Å². The fourth-order valence-electron chi connectivity index (χ4n) is 5.62. The number of likely N-dealkylation sites (tertiary alicyclic amines) is 1. The lowest BCUT2D eigenvalue weighted by atomic mass is 9.82. The zero-order valence-electron chi connectivity index (χ0n) is 19.4. The van der Waals surface area contributed by atoms with Gasteiger partial charge in [-0.05, 0) is 86.9 Å². The first-order valence-electron chi connectivity index (χ1n) is 12.2. The first kappa shape index (κ1) is 24.1. The van der Waals surface area contributed by atoms with Gasteiger partial charge in [0, 0.05) is 30.4 Å². The molecule has 2 fully saturated rings. The number of amides is 2. The summed E-state index contributed by atoms with van der Waals surface area (Å²) in [5, 5.41) is 11.0. The van der Waals surface area contributed by atoms with Crippen LogP contribution in [0.4, 0.5) is 20.6 Å². The SMILES string of the molecule is NC(=O)N(c1ccc([N+](=O)[O-])cc1)C1CCCCC1CN1CCC(Cc2ccc(F)cc2)CC1. The van der Waals surface area contributed by atoms with E-state index in [0.29, 0.717) is 17.5 Å². The number of nitro groups is 1. The number of hydrogen-bond donors (Lipinski definition) is 1. The van der Waals surface area contributed by atoms with Crippen LogP contribution >= 0.6 is 0 Å². The minimum Gasteiger partial charge on any atom is -0.351 e. The van der Waals surface area contributed by atoms with Gasteiger partial charge in [0.1, 0.15) is 5.82 Å². The van der Waals surface area contributed by atoms with Crippen molar-refractivity contribution in [2.45, 2.75) is 51.0 Å². The number of carbonyl (C=O) groups excluding carboxylic acids is 1. The molecule has 2 N–H and O–H groups in total. The van der Waals surface area contributed by atoms with Gasteiger partial charge in [0.15, 0.2) is 0 Å². The van der Waals surface area contributed by atoms with E-state index in [1.165, 1.54) is 29.8 Å². The van der Waals surface area contributed by atoms with Gasteiger partial charge in [-0.25, -0.2) is 9.18 Å². The third-order valence-corrected chi connectivity index (χ3v) is 7.41. The van der Waals surface area contributed by atoms with Crippen molar-refractivity contribution in [1.82, 2.24) is 4.90 Å². The number of nitrogens with zero attached hydrogens (tertiary/aromatic N) is 3. The molecule has 2 amide bonds. The smallest absolute Gasteiger partial charge is 0.319 e. The van der Waals surface area contributed by atoms with Crippen LogP contribution < -0.4 is 10.6 Å². The molecule has 7 nitrogen and oxygen atoms in total. The summed E-state index contributed by atoms with van der Waals surface area (Å²) in [5.41, 5.74) is 7.61. The monoisotopic (exact) mass is 468 g/mol. The van der Waals surface area contributed by atoms with Crippen molar-refractivity contribution < 1.29 is 14.1 Å². The van der Waals surface area contributed by atoms with E-state index in [1.54, 1.807) is 17.0 Å².